The summed E-state index contributed by atoms with van der Waals surface area (Å²) >= 11 is 1.41. The van der Waals surface area contributed by atoms with Crippen LogP contribution in [0.15, 0.2) is 18.2 Å². The van der Waals surface area contributed by atoms with Crippen LogP contribution >= 0.6 is 11.3 Å². The smallest absolute Gasteiger partial charge is 0.471 e. The fourth-order valence-corrected chi connectivity index (χ4v) is 3.32. The lowest BCUT2D eigenvalue weighted by atomic mass is 10.3. The number of hydrogen-bond donors (Lipinski definition) is 1. The largest absolute Gasteiger partial charge is 0.508 e. The van der Waals surface area contributed by atoms with Gasteiger partial charge < -0.3 is 14.9 Å². The zero-order chi connectivity index (χ0) is 15.9. The van der Waals surface area contributed by atoms with Crippen LogP contribution in [0.1, 0.15) is 0 Å². The average Bonchev–Trinajstić information content (AvgIpc) is 2.88. The van der Waals surface area contributed by atoms with Gasteiger partial charge in [0.15, 0.2) is 5.13 Å². The third-order valence-corrected chi connectivity index (χ3v) is 4.54. The first-order valence-electron chi connectivity index (χ1n) is 6.55. The van der Waals surface area contributed by atoms with E-state index < -0.39 is 12.1 Å². The van der Waals surface area contributed by atoms with Crippen molar-refractivity contribution >= 4 is 32.6 Å². The summed E-state index contributed by atoms with van der Waals surface area (Å²) in [5.41, 5.74) is 0.647. The fraction of sp³-hybridized carbons (Fsp3) is 0.385. The monoisotopic (exact) mass is 331 g/mol. The van der Waals surface area contributed by atoms with Crippen LogP contribution in [0, 0.1) is 0 Å². The third-order valence-electron chi connectivity index (χ3n) is 3.44. The lowest BCUT2D eigenvalue weighted by Gasteiger charge is -2.34. The molecule has 1 fully saturated rings. The van der Waals surface area contributed by atoms with Crippen molar-refractivity contribution in [1.29, 1.82) is 0 Å². The highest BCUT2D eigenvalue weighted by molar-refractivity contribution is 7.22. The van der Waals surface area contributed by atoms with Gasteiger partial charge in [0.05, 0.1) is 10.2 Å². The summed E-state index contributed by atoms with van der Waals surface area (Å²) in [5, 5.41) is 10.1. The highest BCUT2D eigenvalue weighted by Gasteiger charge is 2.43. The quantitative estimate of drug-likeness (QED) is 0.870. The molecule has 2 aromatic rings. The van der Waals surface area contributed by atoms with Crippen molar-refractivity contribution in [3.05, 3.63) is 18.2 Å². The molecule has 1 aromatic heterocycles. The number of carbonyl (C=O) groups is 1. The Labute approximate surface area is 127 Å². The molecule has 1 aliphatic heterocycles. The van der Waals surface area contributed by atoms with Crippen LogP contribution in [-0.4, -0.2) is 53.3 Å². The number of piperazine rings is 1. The molecule has 0 unspecified atom stereocenters. The van der Waals surface area contributed by atoms with Crippen molar-refractivity contribution in [3.8, 4) is 5.75 Å². The first-order chi connectivity index (χ1) is 10.3. The summed E-state index contributed by atoms with van der Waals surface area (Å²) in [7, 11) is 0. The van der Waals surface area contributed by atoms with E-state index >= 15 is 0 Å². The Bertz CT molecular complexity index is 708. The van der Waals surface area contributed by atoms with E-state index in [1.165, 1.54) is 11.3 Å². The molecule has 1 saturated heterocycles. The van der Waals surface area contributed by atoms with Crippen LogP contribution in [-0.2, 0) is 4.79 Å². The summed E-state index contributed by atoms with van der Waals surface area (Å²) in [6.45, 7) is 0.625. The Kier molecular flexibility index (Phi) is 3.59. The van der Waals surface area contributed by atoms with Gasteiger partial charge in [0, 0.05) is 32.2 Å². The third kappa shape index (κ3) is 2.80. The van der Waals surface area contributed by atoms with Gasteiger partial charge >= 0.3 is 12.1 Å². The number of rotatable bonds is 1. The number of alkyl halides is 3. The first-order valence-corrected chi connectivity index (χ1v) is 7.37. The van der Waals surface area contributed by atoms with E-state index in [1.807, 2.05) is 4.90 Å². The topological polar surface area (TPSA) is 56.7 Å². The number of anilines is 1. The van der Waals surface area contributed by atoms with Gasteiger partial charge in [0.25, 0.3) is 0 Å². The second-order valence-electron chi connectivity index (χ2n) is 4.93. The number of phenolic OH excluding ortho intramolecular Hbond substituents is 1. The van der Waals surface area contributed by atoms with Crippen molar-refractivity contribution in [2.75, 3.05) is 31.1 Å². The predicted molar refractivity (Wildman–Crippen MR) is 76.1 cm³/mol. The zero-order valence-corrected chi connectivity index (χ0v) is 12.1. The number of halogens is 3. The Hall–Kier alpha value is -2.03. The zero-order valence-electron chi connectivity index (χ0n) is 11.3. The second-order valence-corrected chi connectivity index (χ2v) is 5.93. The SMILES string of the molecule is O=C(N1CCN(c2nc3cc(O)ccc3s2)CC1)C(F)(F)F. The number of thiazole rings is 1. The van der Waals surface area contributed by atoms with Gasteiger partial charge in [-0.25, -0.2) is 4.98 Å². The van der Waals surface area contributed by atoms with Crippen LogP contribution in [0.25, 0.3) is 10.2 Å². The summed E-state index contributed by atoms with van der Waals surface area (Å²) < 4.78 is 38.1. The Morgan fingerprint density at radius 1 is 1.23 bits per heavy atom. The molecule has 1 N–H and O–H groups in total. The maximum absolute atomic E-state index is 12.4. The molecule has 1 amide bonds. The van der Waals surface area contributed by atoms with Crippen molar-refractivity contribution in [2.24, 2.45) is 0 Å². The molecule has 2 heterocycles. The van der Waals surface area contributed by atoms with E-state index in [0.717, 1.165) is 9.60 Å². The van der Waals surface area contributed by atoms with E-state index in [0.29, 0.717) is 23.7 Å². The number of carbonyl (C=O) groups excluding carboxylic acids is 1. The summed E-state index contributed by atoms with van der Waals surface area (Å²) in [5.74, 6) is -1.67. The van der Waals surface area contributed by atoms with Gasteiger partial charge in [-0.1, -0.05) is 11.3 Å². The Morgan fingerprint density at radius 2 is 1.91 bits per heavy atom. The molecule has 5 nitrogen and oxygen atoms in total. The minimum Gasteiger partial charge on any atom is -0.508 e. The normalized spacial score (nSPS) is 16.3. The van der Waals surface area contributed by atoms with Crippen molar-refractivity contribution < 1.29 is 23.1 Å². The molecule has 1 aromatic carbocycles. The van der Waals surface area contributed by atoms with E-state index in [1.54, 1.807) is 18.2 Å². The molecular formula is C13H12F3N3O2S. The maximum atomic E-state index is 12.4. The first kappa shape index (κ1) is 14.9. The van der Waals surface area contributed by atoms with E-state index in [9.17, 15) is 23.1 Å². The predicted octanol–water partition coefficient (Wildman–Crippen LogP) is 2.21. The number of hydrogen-bond acceptors (Lipinski definition) is 5. The van der Waals surface area contributed by atoms with Gasteiger partial charge in [0.2, 0.25) is 0 Å². The summed E-state index contributed by atoms with van der Waals surface area (Å²) in [6.07, 6.45) is -4.82. The van der Waals surface area contributed by atoms with Gasteiger partial charge in [0.1, 0.15) is 5.75 Å². The van der Waals surface area contributed by atoms with E-state index in [-0.39, 0.29) is 18.8 Å². The molecular weight excluding hydrogens is 319 g/mol. The van der Waals surface area contributed by atoms with E-state index in [4.69, 9.17) is 0 Å². The number of aromatic hydroxyl groups is 1. The van der Waals surface area contributed by atoms with Crippen molar-refractivity contribution in [3.63, 3.8) is 0 Å². The molecule has 0 aliphatic carbocycles. The molecule has 0 saturated carbocycles. The molecule has 22 heavy (non-hydrogen) atoms. The average molecular weight is 331 g/mol. The molecule has 0 radical (unpaired) electrons. The number of fused-ring (bicyclic) bond motifs is 1. The van der Waals surface area contributed by atoms with E-state index in [2.05, 4.69) is 4.98 Å². The van der Waals surface area contributed by atoms with Gasteiger partial charge in [-0.15, -0.1) is 0 Å². The van der Waals surface area contributed by atoms with Crippen LogP contribution in [0.3, 0.4) is 0 Å². The lowest BCUT2D eigenvalue weighted by molar-refractivity contribution is -0.185. The van der Waals surface area contributed by atoms with Crippen molar-refractivity contribution in [1.82, 2.24) is 9.88 Å². The number of amides is 1. The number of benzene rings is 1. The minimum atomic E-state index is -4.82. The Balaban J connectivity index is 1.71. The van der Waals surface area contributed by atoms with Crippen LogP contribution in [0.4, 0.5) is 18.3 Å². The van der Waals surface area contributed by atoms with Crippen LogP contribution < -0.4 is 4.90 Å². The second kappa shape index (κ2) is 5.31. The van der Waals surface area contributed by atoms with Gasteiger partial charge in [-0.2, -0.15) is 13.2 Å². The summed E-state index contributed by atoms with van der Waals surface area (Å²) in [6, 6.07) is 4.85. The van der Waals surface area contributed by atoms with Gasteiger partial charge in [-0.3, -0.25) is 4.79 Å². The maximum Gasteiger partial charge on any atom is 0.471 e. The minimum absolute atomic E-state index is 0.0134. The molecule has 1 aliphatic rings. The number of aromatic nitrogens is 1. The number of phenols is 1. The molecule has 3 rings (SSSR count). The molecule has 0 bridgehead atoms. The van der Waals surface area contributed by atoms with Crippen LogP contribution in [0.5, 0.6) is 5.75 Å². The highest BCUT2D eigenvalue weighted by atomic mass is 32.1. The molecule has 0 atom stereocenters. The number of nitrogens with zero attached hydrogens (tertiary/aromatic N) is 3. The van der Waals surface area contributed by atoms with Gasteiger partial charge in [-0.05, 0) is 12.1 Å². The molecule has 0 spiro atoms. The summed E-state index contributed by atoms with van der Waals surface area (Å²) in [4.78, 5) is 18.2. The standard InChI is InChI=1S/C13H12F3N3O2S/c14-13(15,16)11(21)18-3-5-19(6-4-18)12-17-9-7-8(20)1-2-10(9)22-12/h1-2,7,20H,3-6H2. The molecule has 118 valence electrons. The fourth-order valence-electron chi connectivity index (χ4n) is 2.32. The lowest BCUT2D eigenvalue weighted by Crippen LogP contribution is -2.52. The molecule has 9 heteroatoms. The highest BCUT2D eigenvalue weighted by Crippen LogP contribution is 2.31. The Morgan fingerprint density at radius 3 is 2.55 bits per heavy atom. The van der Waals surface area contributed by atoms with Crippen molar-refractivity contribution in [2.45, 2.75) is 6.18 Å². The van der Waals surface area contributed by atoms with Crippen LogP contribution in [0.2, 0.25) is 0 Å².